The maximum absolute atomic E-state index is 4.68. The third kappa shape index (κ3) is 4.55. The van der Waals surface area contributed by atoms with E-state index in [1.165, 1.54) is 0 Å². The van der Waals surface area contributed by atoms with E-state index in [1.807, 2.05) is 18.2 Å². The highest BCUT2D eigenvalue weighted by Gasteiger charge is 1.72. The molecule has 0 N–H and O–H groups in total. The third-order valence-electron chi connectivity index (χ3n) is 0.536. The summed E-state index contributed by atoms with van der Waals surface area (Å²) in [6.07, 6.45) is 3.25. The van der Waals surface area contributed by atoms with Crippen molar-refractivity contribution in [3.05, 3.63) is 30.7 Å². The van der Waals surface area contributed by atoms with Gasteiger partial charge < -0.3 is 17.0 Å². The minimum absolute atomic E-state index is 0. The van der Waals surface area contributed by atoms with Crippen molar-refractivity contribution in [1.29, 1.82) is 0 Å². The lowest BCUT2D eigenvalue weighted by atomic mass is 10.6. The molecule has 1 aromatic heterocycles. The number of rotatable bonds is 0. The summed E-state index contributed by atoms with van der Waals surface area (Å²) in [7, 11) is 0. The van der Waals surface area contributed by atoms with Gasteiger partial charge in [0.25, 0.3) is 0 Å². The van der Waals surface area contributed by atoms with E-state index in [0.29, 0.717) is 0 Å². The van der Waals surface area contributed by atoms with Crippen LogP contribution in [0.1, 0.15) is 0 Å². The van der Waals surface area contributed by atoms with Gasteiger partial charge in [-0.05, 0) is 6.07 Å². The molecule has 0 aromatic carbocycles. The first kappa shape index (κ1) is 11.2. The lowest BCUT2D eigenvalue weighted by Gasteiger charge is -1.57. The molecule has 3 heteroatoms. The van der Waals surface area contributed by atoms with Crippen molar-refractivity contribution in [3.8, 4) is 0 Å². The highest BCUT2D eigenvalue weighted by Crippen LogP contribution is 1.79. The molecule has 1 rings (SSSR count). The van der Waals surface area contributed by atoms with Crippen LogP contribution >= 0.6 is 0 Å². The average Bonchev–Trinajstić information content (AvgIpc) is 1.72. The molecule has 2 radical (unpaired) electrons. The van der Waals surface area contributed by atoms with Crippen LogP contribution in [0.2, 0.25) is 0 Å². The number of halogens is 1. The molecule has 1 nitrogen and oxygen atoms in total. The molecule has 0 aliphatic carbocycles. The molecule has 0 saturated heterocycles. The summed E-state index contributed by atoms with van der Waals surface area (Å²) in [6, 6.07) is 5.57. The number of hydrogen-bond donors (Lipinski definition) is 0. The zero-order valence-corrected chi connectivity index (χ0v) is 7.38. The Morgan fingerprint density at radius 2 is 1.38 bits per heavy atom. The largest absolute Gasteiger partial charge is 1.00 e. The molecule has 0 aliphatic rings. The van der Waals surface area contributed by atoms with Crippen LogP contribution in [-0.2, 0) is 0 Å². The Kier molecular flexibility index (Phi) is 10.4. The molecule has 0 fully saturated rings. The van der Waals surface area contributed by atoms with E-state index >= 15 is 0 Å². The highest BCUT2D eigenvalue weighted by atomic mass is 79.9. The molecule has 0 saturated carbocycles. The standard InChI is InChI=1S/C5H5O.BrH.Mg/c1-2-4-6-5-3-1;;/h1-5H;1H;/q+1;;/p-1. The molecular formula is C5H5BrMgO. The fourth-order valence-corrected chi connectivity index (χ4v) is 0.291. The van der Waals surface area contributed by atoms with Crippen LogP contribution in [0.5, 0.6) is 0 Å². The van der Waals surface area contributed by atoms with Gasteiger partial charge in [-0.3, -0.25) is 0 Å². The van der Waals surface area contributed by atoms with E-state index in [1.54, 1.807) is 12.5 Å². The van der Waals surface area contributed by atoms with Crippen LogP contribution in [-0.4, -0.2) is 23.1 Å². The normalized spacial score (nSPS) is 6.00. The average molecular weight is 185 g/mol. The van der Waals surface area contributed by atoms with Crippen molar-refractivity contribution < 1.29 is 21.4 Å². The second-order valence-corrected chi connectivity index (χ2v) is 0.986. The zero-order valence-electron chi connectivity index (χ0n) is 4.38. The Bertz CT molecular complexity index is 84.4. The highest BCUT2D eigenvalue weighted by molar-refractivity contribution is 5.75. The molecular weight excluding hydrogens is 180 g/mol. The summed E-state index contributed by atoms with van der Waals surface area (Å²) in [6.45, 7) is 0. The topological polar surface area (TPSA) is 11.3 Å². The molecule has 40 valence electrons. The van der Waals surface area contributed by atoms with Crippen molar-refractivity contribution in [2.24, 2.45) is 0 Å². The summed E-state index contributed by atoms with van der Waals surface area (Å²) in [5, 5.41) is 0. The van der Waals surface area contributed by atoms with Gasteiger partial charge >= 0.3 is 12.5 Å². The third-order valence-corrected chi connectivity index (χ3v) is 0.536. The molecule has 0 aliphatic heterocycles. The predicted molar refractivity (Wildman–Crippen MR) is 28.9 cm³/mol. The maximum Gasteiger partial charge on any atom is 0.317 e. The van der Waals surface area contributed by atoms with E-state index < -0.39 is 0 Å². The van der Waals surface area contributed by atoms with Crippen LogP contribution in [0.25, 0.3) is 0 Å². The van der Waals surface area contributed by atoms with E-state index in [9.17, 15) is 0 Å². The van der Waals surface area contributed by atoms with Gasteiger partial charge in [0, 0.05) is 35.2 Å². The van der Waals surface area contributed by atoms with Gasteiger partial charge in [-0.1, -0.05) is 0 Å². The molecule has 1 aromatic rings. The smallest absolute Gasteiger partial charge is 0.317 e. The van der Waals surface area contributed by atoms with Crippen molar-refractivity contribution in [2.75, 3.05) is 0 Å². The minimum Gasteiger partial charge on any atom is -1.00 e. The first-order valence-electron chi connectivity index (χ1n) is 1.80. The van der Waals surface area contributed by atoms with E-state index in [4.69, 9.17) is 0 Å². The van der Waals surface area contributed by atoms with E-state index in [0.717, 1.165) is 0 Å². The molecule has 0 atom stereocenters. The summed E-state index contributed by atoms with van der Waals surface area (Å²) in [5.41, 5.74) is 0. The van der Waals surface area contributed by atoms with Crippen LogP contribution in [0.3, 0.4) is 0 Å². The Labute approximate surface area is 75.0 Å². The Morgan fingerprint density at radius 3 is 1.50 bits per heavy atom. The van der Waals surface area contributed by atoms with Gasteiger partial charge in [-0.25, -0.2) is 4.42 Å². The van der Waals surface area contributed by atoms with Crippen molar-refractivity contribution in [1.82, 2.24) is 0 Å². The predicted octanol–water partition coefficient (Wildman–Crippen LogP) is -1.82. The second kappa shape index (κ2) is 7.40. The Morgan fingerprint density at radius 1 is 0.875 bits per heavy atom. The van der Waals surface area contributed by atoms with Crippen LogP contribution in [0.15, 0.2) is 35.1 Å². The first-order chi connectivity index (χ1) is 3.00. The minimum atomic E-state index is 0. The van der Waals surface area contributed by atoms with Gasteiger partial charge in [0.05, 0.1) is 0 Å². The maximum atomic E-state index is 4.68. The Hall–Kier alpha value is 0.396. The second-order valence-electron chi connectivity index (χ2n) is 0.986. The van der Waals surface area contributed by atoms with Crippen LogP contribution in [0, 0.1) is 0 Å². The summed E-state index contributed by atoms with van der Waals surface area (Å²) in [5.74, 6) is 0. The number of hydrogen-bond acceptors (Lipinski definition) is 0. The summed E-state index contributed by atoms with van der Waals surface area (Å²) >= 11 is 0. The van der Waals surface area contributed by atoms with Gasteiger partial charge in [-0.15, -0.1) is 0 Å². The molecule has 0 amide bonds. The monoisotopic (exact) mass is 184 g/mol. The molecule has 0 bridgehead atoms. The Balaban J connectivity index is 0. The van der Waals surface area contributed by atoms with Gasteiger partial charge in [0.2, 0.25) is 0 Å². The summed E-state index contributed by atoms with van der Waals surface area (Å²) in [4.78, 5) is 0. The van der Waals surface area contributed by atoms with Gasteiger partial charge in [0.1, 0.15) is 0 Å². The zero-order chi connectivity index (χ0) is 4.24. The van der Waals surface area contributed by atoms with Crippen molar-refractivity contribution >= 4 is 23.1 Å². The lowest BCUT2D eigenvalue weighted by Crippen LogP contribution is -3.00. The fraction of sp³-hybridized carbons (Fsp3) is 0. The molecule has 1 heterocycles. The van der Waals surface area contributed by atoms with E-state index in [2.05, 4.69) is 4.42 Å². The van der Waals surface area contributed by atoms with Gasteiger partial charge in [0.15, 0.2) is 0 Å². The van der Waals surface area contributed by atoms with Crippen molar-refractivity contribution in [3.63, 3.8) is 0 Å². The molecule has 0 unspecified atom stereocenters. The van der Waals surface area contributed by atoms with Gasteiger partial charge in [-0.2, -0.15) is 0 Å². The fourth-order valence-electron chi connectivity index (χ4n) is 0.291. The molecule has 0 spiro atoms. The van der Waals surface area contributed by atoms with Crippen LogP contribution in [0.4, 0.5) is 0 Å². The lowest BCUT2D eigenvalue weighted by molar-refractivity contribution is -0.00000179. The van der Waals surface area contributed by atoms with Crippen molar-refractivity contribution in [2.45, 2.75) is 0 Å². The SMILES string of the molecule is [Br-].[Mg].c1cc[o+]cc1. The summed E-state index contributed by atoms with van der Waals surface area (Å²) < 4.78 is 4.68. The molecule has 8 heavy (non-hydrogen) atoms. The quantitative estimate of drug-likeness (QED) is 0.342. The van der Waals surface area contributed by atoms with E-state index in [-0.39, 0.29) is 40.0 Å². The van der Waals surface area contributed by atoms with Crippen LogP contribution < -0.4 is 17.0 Å². The first-order valence-corrected chi connectivity index (χ1v) is 1.80.